The maximum absolute atomic E-state index is 12.4. The zero-order valence-corrected chi connectivity index (χ0v) is 5.78. The van der Waals surface area contributed by atoms with Gasteiger partial charge in [-0.2, -0.15) is 0 Å². The van der Waals surface area contributed by atoms with Crippen molar-refractivity contribution in [2.75, 3.05) is 0 Å². The van der Waals surface area contributed by atoms with Gasteiger partial charge in [-0.1, -0.05) is 26.7 Å². The van der Waals surface area contributed by atoms with E-state index in [-0.39, 0.29) is 0 Å². The molecule has 0 atom stereocenters. The van der Waals surface area contributed by atoms with Gasteiger partial charge in [0.2, 0.25) is 0 Å². The summed E-state index contributed by atoms with van der Waals surface area (Å²) in [5.74, 6) is 0. The molecule has 0 amide bonds. The van der Waals surface area contributed by atoms with Crippen molar-refractivity contribution in [2.45, 2.75) is 39.3 Å². The predicted octanol–water partition coefficient (Wildman–Crippen LogP) is 2.77. The number of hydrogen-bond acceptors (Lipinski definition) is 0. The normalized spacial score (nSPS) is 9.38. The molecule has 0 aliphatic heterocycles. The van der Waals surface area contributed by atoms with Crippen LogP contribution in [0, 0.1) is 0 Å². The van der Waals surface area contributed by atoms with Gasteiger partial charge in [-0.3, -0.25) is 0 Å². The van der Waals surface area contributed by atoms with Crippen LogP contribution in [0.4, 0.5) is 4.32 Å². The zero-order chi connectivity index (χ0) is 6.41. The molecule has 0 aromatic carbocycles. The first-order chi connectivity index (χ1) is 3.81. The Balaban J connectivity index is 2.92. The summed E-state index contributed by atoms with van der Waals surface area (Å²) in [4.78, 5) is 0. The summed E-state index contributed by atoms with van der Waals surface area (Å²) in [5.41, 5.74) is 0. The summed E-state index contributed by atoms with van der Waals surface area (Å²) in [6.45, 7) is 3.50. The largest absolute Gasteiger partial charge is 0.348 e. The molecule has 0 spiro atoms. The maximum Gasteiger partial charge on any atom is 0.348 e. The van der Waals surface area contributed by atoms with Crippen LogP contribution in [-0.2, 0) is 0 Å². The number of halogens is 1. The highest BCUT2D eigenvalue weighted by molar-refractivity contribution is 6.50. The molecule has 0 aliphatic carbocycles. The molecule has 0 aromatic rings. The van der Waals surface area contributed by atoms with E-state index >= 15 is 0 Å². The fourth-order valence-corrected chi connectivity index (χ4v) is 0.771. The van der Waals surface area contributed by atoms with Gasteiger partial charge in [0.05, 0.1) is 0 Å². The van der Waals surface area contributed by atoms with Crippen molar-refractivity contribution in [2.24, 2.45) is 0 Å². The van der Waals surface area contributed by atoms with Gasteiger partial charge in [0, 0.05) is 0 Å². The topological polar surface area (TPSA) is 0 Å². The van der Waals surface area contributed by atoms with Crippen molar-refractivity contribution >= 4 is 6.99 Å². The van der Waals surface area contributed by atoms with Gasteiger partial charge in [-0.05, 0) is 12.6 Å². The monoisotopic (exact) mass is 116 g/mol. The van der Waals surface area contributed by atoms with E-state index in [1.54, 1.807) is 0 Å². The van der Waals surface area contributed by atoms with Crippen molar-refractivity contribution in [1.29, 1.82) is 0 Å². The van der Waals surface area contributed by atoms with E-state index in [1.807, 2.05) is 13.8 Å². The Morgan fingerprint density at radius 1 is 1.12 bits per heavy atom. The summed E-state index contributed by atoms with van der Waals surface area (Å²) in [6.07, 6.45) is 3.43. The minimum atomic E-state index is -0.537. The van der Waals surface area contributed by atoms with Crippen LogP contribution >= 0.6 is 0 Å². The second kappa shape index (κ2) is 5.14. The summed E-state index contributed by atoms with van der Waals surface area (Å²) >= 11 is 0. The van der Waals surface area contributed by atoms with Crippen LogP contribution in [-0.4, -0.2) is 6.99 Å². The highest BCUT2D eigenvalue weighted by atomic mass is 19.1. The molecule has 8 heavy (non-hydrogen) atoms. The summed E-state index contributed by atoms with van der Waals surface area (Å²) in [6, 6.07) is 0. The zero-order valence-electron chi connectivity index (χ0n) is 5.78. The standard InChI is InChI=1S/C6H14BF/c1-3-5-7(8)6-4-2/h3-6H2,1-2H3. The van der Waals surface area contributed by atoms with Crippen LogP contribution in [0.25, 0.3) is 0 Å². The fourth-order valence-electron chi connectivity index (χ4n) is 0.771. The molecule has 0 radical (unpaired) electrons. The van der Waals surface area contributed by atoms with E-state index in [9.17, 15) is 4.32 Å². The minimum absolute atomic E-state index is 0.537. The van der Waals surface area contributed by atoms with Gasteiger partial charge in [-0.25, -0.2) is 0 Å². The summed E-state index contributed by atoms with van der Waals surface area (Å²) in [5, 5.41) is 0. The minimum Gasteiger partial charge on any atom is -0.336 e. The van der Waals surface area contributed by atoms with E-state index in [2.05, 4.69) is 0 Å². The number of rotatable bonds is 4. The summed E-state index contributed by atoms with van der Waals surface area (Å²) < 4.78 is 12.4. The van der Waals surface area contributed by atoms with Crippen LogP contribution in [0.15, 0.2) is 0 Å². The first kappa shape index (κ1) is 7.99. The highest BCUT2D eigenvalue weighted by Gasteiger charge is 2.08. The highest BCUT2D eigenvalue weighted by Crippen LogP contribution is 2.05. The molecular weight excluding hydrogens is 102 g/mol. The average molecular weight is 116 g/mol. The van der Waals surface area contributed by atoms with Crippen molar-refractivity contribution in [3.05, 3.63) is 0 Å². The van der Waals surface area contributed by atoms with Crippen LogP contribution < -0.4 is 0 Å². The van der Waals surface area contributed by atoms with Gasteiger partial charge >= 0.3 is 6.99 Å². The van der Waals surface area contributed by atoms with E-state index in [1.165, 1.54) is 0 Å². The van der Waals surface area contributed by atoms with Gasteiger partial charge < -0.3 is 4.32 Å². The third-order valence-corrected chi connectivity index (χ3v) is 1.20. The van der Waals surface area contributed by atoms with Gasteiger partial charge in [-0.15, -0.1) is 0 Å². The lowest BCUT2D eigenvalue weighted by Gasteiger charge is -1.96. The fraction of sp³-hybridized carbons (Fsp3) is 1.00. The SMILES string of the molecule is CCCB(F)CCC. The van der Waals surface area contributed by atoms with Gasteiger partial charge in [0.15, 0.2) is 0 Å². The van der Waals surface area contributed by atoms with Gasteiger partial charge in [0.25, 0.3) is 0 Å². The Morgan fingerprint density at radius 3 is 1.75 bits per heavy atom. The molecule has 0 bridgehead atoms. The molecule has 2 heteroatoms. The Labute approximate surface area is 51.6 Å². The molecule has 0 fully saturated rings. The average Bonchev–Trinajstić information content (AvgIpc) is 1.68. The predicted molar refractivity (Wildman–Crippen MR) is 37.1 cm³/mol. The summed E-state index contributed by atoms with van der Waals surface area (Å²) in [7, 11) is 0. The lowest BCUT2D eigenvalue weighted by atomic mass is 9.63. The molecule has 0 heterocycles. The van der Waals surface area contributed by atoms with Crippen molar-refractivity contribution in [3.63, 3.8) is 0 Å². The van der Waals surface area contributed by atoms with E-state index < -0.39 is 6.99 Å². The molecule has 0 aromatic heterocycles. The van der Waals surface area contributed by atoms with Crippen LogP contribution in [0.2, 0.25) is 12.6 Å². The van der Waals surface area contributed by atoms with Crippen LogP contribution in [0.1, 0.15) is 26.7 Å². The second-order valence-electron chi connectivity index (χ2n) is 2.17. The lowest BCUT2D eigenvalue weighted by molar-refractivity contribution is 0.781. The molecule has 0 N–H and O–H groups in total. The third-order valence-electron chi connectivity index (χ3n) is 1.20. The molecule has 0 saturated heterocycles. The van der Waals surface area contributed by atoms with Crippen LogP contribution in [0.3, 0.4) is 0 Å². The Hall–Kier alpha value is -0.00506. The molecule has 0 aliphatic rings. The first-order valence-corrected chi connectivity index (χ1v) is 3.45. The molecule has 48 valence electrons. The van der Waals surface area contributed by atoms with Crippen molar-refractivity contribution < 1.29 is 4.32 Å². The van der Waals surface area contributed by atoms with Crippen molar-refractivity contribution in [1.82, 2.24) is 0 Å². The Morgan fingerprint density at radius 2 is 1.50 bits per heavy atom. The van der Waals surface area contributed by atoms with E-state index in [0.29, 0.717) is 0 Å². The van der Waals surface area contributed by atoms with Crippen molar-refractivity contribution in [3.8, 4) is 0 Å². The van der Waals surface area contributed by atoms with E-state index in [4.69, 9.17) is 0 Å². The molecule has 0 unspecified atom stereocenters. The smallest absolute Gasteiger partial charge is 0.336 e. The Kier molecular flexibility index (Phi) is 5.13. The number of hydrogen-bond donors (Lipinski definition) is 0. The van der Waals surface area contributed by atoms with Crippen LogP contribution in [0.5, 0.6) is 0 Å². The Bertz CT molecular complexity index is 41.8. The molecule has 0 nitrogen and oxygen atoms in total. The lowest BCUT2D eigenvalue weighted by Crippen LogP contribution is -2.01. The van der Waals surface area contributed by atoms with E-state index in [0.717, 1.165) is 25.5 Å². The second-order valence-corrected chi connectivity index (χ2v) is 2.17. The van der Waals surface area contributed by atoms with Gasteiger partial charge in [0.1, 0.15) is 0 Å². The quantitative estimate of drug-likeness (QED) is 0.495. The third kappa shape index (κ3) is 4.16. The maximum atomic E-state index is 12.4. The molecule has 0 saturated carbocycles. The first-order valence-electron chi connectivity index (χ1n) is 3.45. The molecule has 0 rings (SSSR count). The molecular formula is C6H14BF.